The summed E-state index contributed by atoms with van der Waals surface area (Å²) in [6.45, 7) is 7.08. The summed E-state index contributed by atoms with van der Waals surface area (Å²) in [6.07, 6.45) is 6.77. The highest BCUT2D eigenvalue weighted by Crippen LogP contribution is 2.30. The Morgan fingerprint density at radius 1 is 1.33 bits per heavy atom. The Bertz CT molecular complexity index is 331. The van der Waals surface area contributed by atoms with Crippen LogP contribution in [0.2, 0.25) is 0 Å². The molecule has 1 fully saturated rings. The van der Waals surface area contributed by atoms with E-state index >= 15 is 0 Å². The van der Waals surface area contributed by atoms with Gasteiger partial charge >= 0.3 is 0 Å². The van der Waals surface area contributed by atoms with Crippen LogP contribution in [0, 0.1) is 11.8 Å². The van der Waals surface area contributed by atoms with Gasteiger partial charge in [0, 0.05) is 12.1 Å². The molecule has 18 heavy (non-hydrogen) atoms. The average Bonchev–Trinajstić information content (AvgIpc) is 2.82. The Hall–Kier alpha value is -0.340. The van der Waals surface area contributed by atoms with E-state index in [4.69, 9.17) is 0 Å². The second kappa shape index (κ2) is 6.72. The molecule has 1 aliphatic carbocycles. The van der Waals surface area contributed by atoms with Gasteiger partial charge in [0.2, 0.25) is 0 Å². The van der Waals surface area contributed by atoms with E-state index in [2.05, 4.69) is 42.9 Å². The molecule has 1 aliphatic rings. The maximum Gasteiger partial charge on any atom is 0.00820 e. The van der Waals surface area contributed by atoms with Crippen molar-refractivity contribution in [3.05, 3.63) is 22.4 Å². The number of rotatable bonds is 5. The first kappa shape index (κ1) is 14.1. The van der Waals surface area contributed by atoms with Crippen LogP contribution in [0.25, 0.3) is 0 Å². The Morgan fingerprint density at radius 2 is 2.17 bits per heavy atom. The fourth-order valence-electron chi connectivity index (χ4n) is 3.21. The van der Waals surface area contributed by atoms with Crippen LogP contribution in [0.5, 0.6) is 0 Å². The highest BCUT2D eigenvalue weighted by atomic mass is 32.1. The lowest BCUT2D eigenvalue weighted by Crippen LogP contribution is -2.41. The summed E-state index contributed by atoms with van der Waals surface area (Å²) in [4.78, 5) is 0. The van der Waals surface area contributed by atoms with Crippen molar-refractivity contribution >= 4 is 11.3 Å². The number of hydrogen-bond donors (Lipinski definition) is 1. The zero-order valence-electron chi connectivity index (χ0n) is 12.0. The molecular weight excluding hydrogens is 238 g/mol. The predicted molar refractivity (Wildman–Crippen MR) is 81.2 cm³/mol. The zero-order valence-corrected chi connectivity index (χ0v) is 12.8. The molecule has 0 amide bonds. The molecule has 1 aromatic heterocycles. The van der Waals surface area contributed by atoms with Crippen molar-refractivity contribution in [1.29, 1.82) is 0 Å². The van der Waals surface area contributed by atoms with Gasteiger partial charge in [-0.2, -0.15) is 11.3 Å². The lowest BCUT2D eigenvalue weighted by Gasteiger charge is -2.34. The summed E-state index contributed by atoms with van der Waals surface area (Å²) >= 11 is 1.80. The highest BCUT2D eigenvalue weighted by molar-refractivity contribution is 7.07. The fraction of sp³-hybridized carbons (Fsp3) is 0.750. The highest BCUT2D eigenvalue weighted by Gasteiger charge is 2.24. The summed E-state index contributed by atoms with van der Waals surface area (Å²) in [7, 11) is 0. The van der Waals surface area contributed by atoms with Crippen LogP contribution in [0.4, 0.5) is 0 Å². The van der Waals surface area contributed by atoms with Crippen LogP contribution in [0.15, 0.2) is 16.8 Å². The summed E-state index contributed by atoms with van der Waals surface area (Å²) < 4.78 is 0. The molecule has 1 nitrogen and oxygen atoms in total. The molecule has 102 valence electrons. The SMILES string of the molecule is CC(Cc1ccsc1)NC1CCCC(C(C)C)C1. The van der Waals surface area contributed by atoms with Crippen molar-refractivity contribution in [2.24, 2.45) is 11.8 Å². The zero-order chi connectivity index (χ0) is 13.0. The number of hydrogen-bond acceptors (Lipinski definition) is 2. The van der Waals surface area contributed by atoms with E-state index in [1.807, 2.05) is 0 Å². The van der Waals surface area contributed by atoms with Crippen molar-refractivity contribution in [1.82, 2.24) is 5.32 Å². The van der Waals surface area contributed by atoms with Crippen LogP contribution in [0.3, 0.4) is 0 Å². The van der Waals surface area contributed by atoms with Crippen molar-refractivity contribution in [3.8, 4) is 0 Å². The minimum atomic E-state index is 0.607. The largest absolute Gasteiger partial charge is 0.311 e. The molecule has 0 radical (unpaired) electrons. The van der Waals surface area contributed by atoms with Crippen LogP contribution >= 0.6 is 11.3 Å². The molecule has 0 saturated heterocycles. The van der Waals surface area contributed by atoms with Crippen LogP contribution < -0.4 is 5.32 Å². The first-order valence-electron chi connectivity index (χ1n) is 7.42. The summed E-state index contributed by atoms with van der Waals surface area (Å²) in [5.41, 5.74) is 1.48. The Morgan fingerprint density at radius 3 is 2.83 bits per heavy atom. The lowest BCUT2D eigenvalue weighted by atomic mass is 9.79. The van der Waals surface area contributed by atoms with E-state index in [1.54, 1.807) is 11.3 Å². The molecule has 3 atom stereocenters. The van der Waals surface area contributed by atoms with Gasteiger partial charge in [-0.25, -0.2) is 0 Å². The molecule has 0 spiro atoms. The fourth-order valence-corrected chi connectivity index (χ4v) is 3.89. The van der Waals surface area contributed by atoms with Crippen molar-refractivity contribution in [2.45, 2.75) is 65.0 Å². The van der Waals surface area contributed by atoms with Gasteiger partial charge in [-0.15, -0.1) is 0 Å². The maximum absolute atomic E-state index is 3.85. The molecule has 1 aromatic rings. The van der Waals surface area contributed by atoms with Crippen molar-refractivity contribution in [2.75, 3.05) is 0 Å². The van der Waals surface area contributed by atoms with Crippen molar-refractivity contribution in [3.63, 3.8) is 0 Å². The molecule has 1 N–H and O–H groups in total. The van der Waals surface area contributed by atoms with E-state index in [0.717, 1.165) is 17.9 Å². The van der Waals surface area contributed by atoms with Crippen LogP contribution in [0.1, 0.15) is 52.0 Å². The molecular formula is C16H27NS. The Labute approximate surface area is 116 Å². The lowest BCUT2D eigenvalue weighted by molar-refractivity contribution is 0.222. The van der Waals surface area contributed by atoms with Gasteiger partial charge in [-0.1, -0.05) is 26.7 Å². The normalized spacial score (nSPS) is 26.4. The van der Waals surface area contributed by atoms with E-state index in [-0.39, 0.29) is 0 Å². The second-order valence-electron chi connectivity index (χ2n) is 6.27. The molecule has 3 unspecified atom stereocenters. The van der Waals surface area contributed by atoms with Gasteiger partial charge in [-0.05, 0) is 60.4 Å². The van der Waals surface area contributed by atoms with Crippen LogP contribution in [-0.2, 0) is 6.42 Å². The molecule has 1 heterocycles. The van der Waals surface area contributed by atoms with Gasteiger partial charge in [-0.3, -0.25) is 0 Å². The van der Waals surface area contributed by atoms with Gasteiger partial charge < -0.3 is 5.32 Å². The topological polar surface area (TPSA) is 12.0 Å². The number of thiophene rings is 1. The summed E-state index contributed by atoms with van der Waals surface area (Å²) in [5.74, 6) is 1.78. The van der Waals surface area contributed by atoms with Gasteiger partial charge in [0.05, 0.1) is 0 Å². The van der Waals surface area contributed by atoms with E-state index in [9.17, 15) is 0 Å². The summed E-state index contributed by atoms with van der Waals surface area (Å²) in [5, 5.41) is 8.30. The maximum atomic E-state index is 3.85. The Kier molecular flexibility index (Phi) is 5.25. The molecule has 2 rings (SSSR count). The molecule has 1 saturated carbocycles. The van der Waals surface area contributed by atoms with Gasteiger partial charge in [0.25, 0.3) is 0 Å². The number of nitrogens with one attached hydrogen (secondary N) is 1. The van der Waals surface area contributed by atoms with Crippen LogP contribution in [-0.4, -0.2) is 12.1 Å². The standard InChI is InChI=1S/C16H27NS/c1-12(2)15-5-4-6-16(10-15)17-13(3)9-14-7-8-18-11-14/h7-8,11-13,15-17H,4-6,9-10H2,1-3H3. The molecule has 0 aromatic carbocycles. The van der Waals surface area contributed by atoms with Gasteiger partial charge in [0.15, 0.2) is 0 Å². The first-order valence-corrected chi connectivity index (χ1v) is 8.36. The average molecular weight is 265 g/mol. The minimum Gasteiger partial charge on any atom is -0.311 e. The third-order valence-electron chi connectivity index (χ3n) is 4.30. The molecule has 0 aliphatic heterocycles. The molecule has 2 heteroatoms. The van der Waals surface area contributed by atoms with E-state index in [1.165, 1.54) is 37.7 Å². The third-order valence-corrected chi connectivity index (χ3v) is 5.03. The minimum absolute atomic E-state index is 0.607. The Balaban J connectivity index is 1.78. The quantitative estimate of drug-likeness (QED) is 0.827. The van der Waals surface area contributed by atoms with Gasteiger partial charge in [0.1, 0.15) is 0 Å². The van der Waals surface area contributed by atoms with E-state index in [0.29, 0.717) is 6.04 Å². The first-order chi connectivity index (χ1) is 8.65. The smallest absolute Gasteiger partial charge is 0.00820 e. The second-order valence-corrected chi connectivity index (χ2v) is 7.05. The predicted octanol–water partition coefficient (Wildman–Crippen LogP) is 4.48. The van der Waals surface area contributed by atoms with E-state index < -0.39 is 0 Å². The molecule has 0 bridgehead atoms. The van der Waals surface area contributed by atoms with Crippen molar-refractivity contribution < 1.29 is 0 Å². The summed E-state index contributed by atoms with van der Waals surface area (Å²) in [6, 6.07) is 3.61. The third kappa shape index (κ3) is 4.10. The monoisotopic (exact) mass is 265 g/mol.